The number of hydrogen-bond acceptors (Lipinski definition) is 3. The second-order valence-corrected chi connectivity index (χ2v) is 5.59. The Morgan fingerprint density at radius 1 is 1.35 bits per heavy atom. The van der Waals surface area contributed by atoms with Crippen LogP contribution in [0.25, 0.3) is 0 Å². The summed E-state index contributed by atoms with van der Waals surface area (Å²) in [5.74, 6) is -0.378. The number of benzene rings is 1. The molecule has 0 aromatic heterocycles. The molecular weight excluding hydrogens is 294 g/mol. The molecule has 1 rings (SSSR count). The van der Waals surface area contributed by atoms with E-state index in [0.717, 1.165) is 11.3 Å². The van der Waals surface area contributed by atoms with Crippen molar-refractivity contribution in [2.45, 2.75) is 39.2 Å². The fraction of sp³-hybridized carbons (Fsp3) is 0.444. The Morgan fingerprint density at radius 3 is 2.65 bits per heavy atom. The van der Waals surface area contributed by atoms with E-state index in [9.17, 15) is 9.59 Å². The van der Waals surface area contributed by atoms with Crippen LogP contribution in [0.15, 0.2) is 36.4 Å². The van der Waals surface area contributed by atoms with Gasteiger partial charge in [0.2, 0.25) is 5.91 Å². The highest BCUT2D eigenvalue weighted by atomic mass is 16.5. The summed E-state index contributed by atoms with van der Waals surface area (Å²) in [5.41, 5.74) is 1.04. The summed E-state index contributed by atoms with van der Waals surface area (Å²) < 4.78 is 5.31. The van der Waals surface area contributed by atoms with Gasteiger partial charge in [0.15, 0.2) is 0 Å². The third-order valence-electron chi connectivity index (χ3n) is 3.54. The van der Waals surface area contributed by atoms with Gasteiger partial charge in [-0.2, -0.15) is 0 Å². The third kappa shape index (κ3) is 6.55. The Morgan fingerprint density at radius 2 is 2.04 bits per heavy atom. The van der Waals surface area contributed by atoms with E-state index in [1.165, 1.54) is 0 Å². The number of carbonyl (C=O) groups is 2. The molecule has 1 aromatic rings. The van der Waals surface area contributed by atoms with Crippen molar-refractivity contribution in [3.63, 3.8) is 0 Å². The first-order valence-electron chi connectivity index (χ1n) is 7.73. The molecule has 2 N–H and O–H groups in total. The van der Waals surface area contributed by atoms with Crippen molar-refractivity contribution in [3.8, 4) is 5.75 Å². The van der Waals surface area contributed by atoms with Crippen LogP contribution in [-0.2, 0) is 16.0 Å². The first-order chi connectivity index (χ1) is 11.0. The second kappa shape index (κ2) is 9.66. The van der Waals surface area contributed by atoms with Crippen molar-refractivity contribution in [1.82, 2.24) is 5.32 Å². The van der Waals surface area contributed by atoms with Crippen molar-refractivity contribution >= 4 is 11.9 Å². The van der Waals surface area contributed by atoms with Crippen molar-refractivity contribution in [2.24, 2.45) is 5.92 Å². The Balaban J connectivity index is 2.57. The van der Waals surface area contributed by atoms with Gasteiger partial charge < -0.3 is 15.2 Å². The molecule has 2 atom stereocenters. The fourth-order valence-corrected chi connectivity index (χ4v) is 2.38. The van der Waals surface area contributed by atoms with Crippen molar-refractivity contribution in [2.75, 3.05) is 7.11 Å². The lowest BCUT2D eigenvalue weighted by molar-refractivity contribution is -0.141. The zero-order valence-corrected chi connectivity index (χ0v) is 13.9. The summed E-state index contributed by atoms with van der Waals surface area (Å²) >= 11 is 0. The van der Waals surface area contributed by atoms with Crippen molar-refractivity contribution < 1.29 is 19.4 Å². The molecule has 0 aliphatic carbocycles. The highest BCUT2D eigenvalue weighted by Crippen LogP contribution is 2.22. The van der Waals surface area contributed by atoms with E-state index in [1.54, 1.807) is 19.3 Å². The van der Waals surface area contributed by atoms with Crippen LogP contribution in [0.2, 0.25) is 0 Å². The van der Waals surface area contributed by atoms with Crippen LogP contribution in [0.1, 0.15) is 32.3 Å². The number of para-hydroxylation sites is 1. The number of allylic oxidation sites excluding steroid dienone is 1. The van der Waals surface area contributed by atoms with Gasteiger partial charge in [-0.3, -0.25) is 4.79 Å². The monoisotopic (exact) mass is 319 g/mol. The van der Waals surface area contributed by atoms with Crippen LogP contribution < -0.4 is 10.1 Å². The smallest absolute Gasteiger partial charge is 0.326 e. The Bertz CT molecular complexity index is 554. The summed E-state index contributed by atoms with van der Waals surface area (Å²) in [4.78, 5) is 23.2. The molecule has 1 aromatic carbocycles. The molecule has 0 spiro atoms. The van der Waals surface area contributed by atoms with Crippen LogP contribution in [0, 0.1) is 5.92 Å². The van der Waals surface area contributed by atoms with Gasteiger partial charge in [-0.25, -0.2) is 4.79 Å². The second-order valence-electron chi connectivity index (χ2n) is 5.59. The van der Waals surface area contributed by atoms with Crippen molar-refractivity contribution in [3.05, 3.63) is 42.0 Å². The summed E-state index contributed by atoms with van der Waals surface area (Å²) in [6.45, 7) is 3.78. The molecule has 1 amide bonds. The summed E-state index contributed by atoms with van der Waals surface area (Å²) in [5, 5.41) is 11.7. The van der Waals surface area contributed by atoms with E-state index in [1.807, 2.05) is 38.1 Å². The highest BCUT2D eigenvalue weighted by Gasteiger charge is 2.20. The number of hydrogen-bond donors (Lipinski definition) is 2. The number of ether oxygens (including phenoxy) is 1. The number of nitrogens with one attached hydrogen (secondary N) is 1. The molecule has 126 valence electrons. The van der Waals surface area contributed by atoms with Crippen LogP contribution in [0.5, 0.6) is 5.75 Å². The average Bonchev–Trinajstić information content (AvgIpc) is 2.51. The van der Waals surface area contributed by atoms with E-state index in [2.05, 4.69) is 5.32 Å². The Hall–Kier alpha value is -2.30. The number of carbonyl (C=O) groups excluding carboxylic acids is 1. The minimum atomic E-state index is -1.02. The number of carboxylic acid groups (broad SMARTS) is 1. The first kappa shape index (κ1) is 18.7. The van der Waals surface area contributed by atoms with Gasteiger partial charge in [0.05, 0.1) is 7.11 Å². The van der Waals surface area contributed by atoms with Gasteiger partial charge in [-0.05, 0) is 37.3 Å². The Labute approximate surface area is 137 Å². The third-order valence-corrected chi connectivity index (χ3v) is 3.54. The van der Waals surface area contributed by atoms with Gasteiger partial charge in [0.1, 0.15) is 11.8 Å². The summed E-state index contributed by atoms with van der Waals surface area (Å²) in [6, 6.07) is 6.82. The van der Waals surface area contributed by atoms with Crippen LogP contribution in [0.4, 0.5) is 0 Å². The summed E-state index contributed by atoms with van der Waals surface area (Å²) in [6.07, 6.45) is 4.77. The minimum absolute atomic E-state index is 0.0856. The molecule has 0 saturated carbocycles. The molecule has 0 heterocycles. The molecule has 2 unspecified atom stereocenters. The molecule has 0 bridgehead atoms. The normalized spacial score (nSPS) is 13.5. The minimum Gasteiger partial charge on any atom is -0.496 e. The predicted molar refractivity (Wildman–Crippen MR) is 89.5 cm³/mol. The van der Waals surface area contributed by atoms with E-state index >= 15 is 0 Å². The van der Waals surface area contributed by atoms with Gasteiger partial charge in [-0.15, -0.1) is 0 Å². The van der Waals surface area contributed by atoms with E-state index in [-0.39, 0.29) is 18.2 Å². The first-order valence-corrected chi connectivity index (χ1v) is 7.73. The maximum Gasteiger partial charge on any atom is 0.326 e. The largest absolute Gasteiger partial charge is 0.496 e. The lowest BCUT2D eigenvalue weighted by atomic mass is 9.97. The SMILES string of the molecule is C/C=C/CC(NC(=O)CC(C)Cc1ccccc1OC)C(=O)O. The van der Waals surface area contributed by atoms with Crippen molar-refractivity contribution in [1.29, 1.82) is 0 Å². The average molecular weight is 319 g/mol. The number of carboxylic acids is 1. The highest BCUT2D eigenvalue weighted by molar-refractivity contribution is 5.83. The maximum atomic E-state index is 12.0. The molecule has 23 heavy (non-hydrogen) atoms. The van der Waals surface area contributed by atoms with E-state index < -0.39 is 12.0 Å². The number of methoxy groups -OCH3 is 1. The van der Waals surface area contributed by atoms with Gasteiger partial charge in [0.25, 0.3) is 0 Å². The fourth-order valence-electron chi connectivity index (χ4n) is 2.38. The van der Waals surface area contributed by atoms with Gasteiger partial charge in [-0.1, -0.05) is 37.3 Å². The van der Waals surface area contributed by atoms with Gasteiger partial charge in [0, 0.05) is 6.42 Å². The van der Waals surface area contributed by atoms with Crippen LogP contribution in [-0.4, -0.2) is 30.1 Å². The molecule has 5 nitrogen and oxygen atoms in total. The lowest BCUT2D eigenvalue weighted by Gasteiger charge is -2.16. The zero-order chi connectivity index (χ0) is 17.2. The molecule has 0 radical (unpaired) electrons. The number of amides is 1. The predicted octanol–water partition coefficient (Wildman–Crippen LogP) is 2.80. The molecule has 0 fully saturated rings. The topological polar surface area (TPSA) is 75.6 Å². The van der Waals surface area contributed by atoms with Gasteiger partial charge >= 0.3 is 5.97 Å². The molecular formula is C18H25NO4. The number of rotatable bonds is 9. The summed E-state index contributed by atoms with van der Waals surface area (Å²) in [7, 11) is 1.62. The number of aliphatic carboxylic acids is 1. The zero-order valence-electron chi connectivity index (χ0n) is 13.9. The quantitative estimate of drug-likeness (QED) is 0.686. The molecule has 0 saturated heterocycles. The lowest BCUT2D eigenvalue weighted by Crippen LogP contribution is -2.41. The Kier molecular flexibility index (Phi) is 7.88. The standard InChI is InChI=1S/C18H25NO4/c1-4-5-9-15(18(21)22)19-17(20)12-13(2)11-14-8-6-7-10-16(14)23-3/h4-8,10,13,15H,9,11-12H2,1-3H3,(H,19,20)(H,21,22)/b5-4+. The molecule has 0 aliphatic rings. The maximum absolute atomic E-state index is 12.0. The molecule has 5 heteroatoms. The molecule has 0 aliphatic heterocycles. The van der Waals surface area contributed by atoms with E-state index in [0.29, 0.717) is 12.8 Å². The van der Waals surface area contributed by atoms with E-state index in [4.69, 9.17) is 9.84 Å². The van der Waals surface area contributed by atoms with Crippen LogP contribution in [0.3, 0.4) is 0 Å². The van der Waals surface area contributed by atoms with Crippen LogP contribution >= 0.6 is 0 Å².